The van der Waals surface area contributed by atoms with Gasteiger partial charge in [0, 0.05) is 18.0 Å². The second-order valence-corrected chi connectivity index (χ2v) is 6.53. The molecule has 0 amide bonds. The Hall–Kier alpha value is -1.49. The molecule has 0 radical (unpaired) electrons. The molecule has 27 heavy (non-hydrogen) atoms. The van der Waals surface area contributed by atoms with Crippen molar-refractivity contribution in [3.05, 3.63) is 52.2 Å². The number of alkyl halides is 3. The van der Waals surface area contributed by atoms with Crippen molar-refractivity contribution in [2.45, 2.75) is 26.1 Å². The second-order valence-electron chi connectivity index (χ2n) is 5.50. The third-order valence-electron chi connectivity index (χ3n) is 3.33. The van der Waals surface area contributed by atoms with E-state index in [0.29, 0.717) is 12.5 Å². The van der Waals surface area contributed by atoms with Crippen molar-refractivity contribution in [1.29, 1.82) is 0 Å². The molecule has 2 N–H and O–H groups in total. The Morgan fingerprint density at radius 2 is 1.89 bits per heavy atom. The highest BCUT2D eigenvalue weighted by atomic mass is 127. The van der Waals surface area contributed by atoms with Crippen molar-refractivity contribution in [3.8, 4) is 5.75 Å². The normalized spacial score (nSPS) is 11.6. The molecule has 0 spiro atoms. The van der Waals surface area contributed by atoms with Gasteiger partial charge in [-0.3, -0.25) is 0 Å². The number of nitrogens with one attached hydrogen (secondary N) is 2. The van der Waals surface area contributed by atoms with Gasteiger partial charge >= 0.3 is 6.18 Å². The first-order valence-electron chi connectivity index (χ1n) is 8.29. The Morgan fingerprint density at radius 3 is 2.48 bits per heavy atom. The van der Waals surface area contributed by atoms with E-state index in [1.807, 2.05) is 13.0 Å². The van der Waals surface area contributed by atoms with Crippen molar-refractivity contribution in [1.82, 2.24) is 10.6 Å². The molecule has 0 saturated carbocycles. The highest BCUT2D eigenvalue weighted by Crippen LogP contribution is 2.19. The lowest BCUT2D eigenvalue weighted by Gasteiger charge is -2.11. The molecule has 0 unspecified atom stereocenters. The van der Waals surface area contributed by atoms with Gasteiger partial charge in [-0.25, -0.2) is 4.99 Å². The smallest absolute Gasteiger partial charge is 0.422 e. The monoisotopic (exact) mass is 513 g/mol. The number of rotatable bonds is 8. The molecule has 1 heterocycles. The van der Waals surface area contributed by atoms with Crippen LogP contribution in [0.15, 0.2) is 46.8 Å². The summed E-state index contributed by atoms with van der Waals surface area (Å²) in [4.78, 5) is 5.80. The lowest BCUT2D eigenvalue weighted by molar-refractivity contribution is -0.153. The fraction of sp³-hybridized carbons (Fsp3) is 0.389. The summed E-state index contributed by atoms with van der Waals surface area (Å²) in [6.07, 6.45) is -3.41. The zero-order valence-corrected chi connectivity index (χ0v) is 18.0. The number of hydrogen-bond acceptors (Lipinski definition) is 3. The van der Waals surface area contributed by atoms with Crippen LogP contribution in [0.5, 0.6) is 5.75 Å². The average Bonchev–Trinajstić information content (AvgIpc) is 3.11. The summed E-state index contributed by atoms with van der Waals surface area (Å²) in [5.74, 6) is 0.900. The zero-order valence-electron chi connectivity index (χ0n) is 14.9. The minimum Gasteiger partial charge on any atom is -0.484 e. The predicted octanol–water partition coefficient (Wildman–Crippen LogP) is 4.61. The molecule has 2 rings (SSSR count). The van der Waals surface area contributed by atoms with Gasteiger partial charge in [-0.1, -0.05) is 18.2 Å². The number of benzene rings is 1. The van der Waals surface area contributed by atoms with Crippen molar-refractivity contribution in [3.63, 3.8) is 0 Å². The van der Waals surface area contributed by atoms with Gasteiger partial charge < -0.3 is 15.4 Å². The largest absolute Gasteiger partial charge is 0.484 e. The molecule has 9 heteroatoms. The third-order valence-corrected chi connectivity index (χ3v) is 4.27. The molecule has 150 valence electrons. The SMILES string of the molecule is CCNC(=NCc1ccc(OCC(F)(F)F)cc1)NCCc1cccs1.I. The summed E-state index contributed by atoms with van der Waals surface area (Å²) in [5.41, 5.74) is 0.889. The van der Waals surface area contributed by atoms with Crippen LogP contribution in [0.4, 0.5) is 13.2 Å². The van der Waals surface area contributed by atoms with E-state index in [1.165, 1.54) is 17.0 Å². The summed E-state index contributed by atoms with van der Waals surface area (Å²) in [6.45, 7) is 2.64. The van der Waals surface area contributed by atoms with Crippen LogP contribution in [0.3, 0.4) is 0 Å². The zero-order chi connectivity index (χ0) is 18.8. The molecule has 4 nitrogen and oxygen atoms in total. The molecule has 0 bridgehead atoms. The molecular formula is C18H23F3IN3OS. The molecule has 0 fully saturated rings. The number of halogens is 4. The summed E-state index contributed by atoms with van der Waals surface area (Å²) < 4.78 is 41.1. The maximum atomic E-state index is 12.1. The lowest BCUT2D eigenvalue weighted by Crippen LogP contribution is -2.38. The van der Waals surface area contributed by atoms with Gasteiger partial charge in [-0.2, -0.15) is 13.2 Å². The van der Waals surface area contributed by atoms with Gasteiger partial charge in [-0.15, -0.1) is 35.3 Å². The van der Waals surface area contributed by atoms with Gasteiger partial charge in [0.1, 0.15) is 5.75 Å². The van der Waals surface area contributed by atoms with Gasteiger partial charge in [-0.05, 0) is 42.5 Å². The molecule has 0 aliphatic carbocycles. The van der Waals surface area contributed by atoms with E-state index in [9.17, 15) is 13.2 Å². The summed E-state index contributed by atoms with van der Waals surface area (Å²) in [6, 6.07) is 10.6. The summed E-state index contributed by atoms with van der Waals surface area (Å²) in [7, 11) is 0. The van der Waals surface area contributed by atoms with E-state index in [-0.39, 0.29) is 29.7 Å². The molecule has 2 aromatic rings. The second kappa shape index (κ2) is 12.1. The number of guanidine groups is 1. The van der Waals surface area contributed by atoms with Crippen LogP contribution in [-0.4, -0.2) is 31.8 Å². The molecule has 1 aromatic carbocycles. The van der Waals surface area contributed by atoms with E-state index < -0.39 is 12.8 Å². The van der Waals surface area contributed by atoms with Crippen LogP contribution >= 0.6 is 35.3 Å². The highest BCUT2D eigenvalue weighted by Gasteiger charge is 2.28. The van der Waals surface area contributed by atoms with Crippen molar-refractivity contribution >= 4 is 41.3 Å². The van der Waals surface area contributed by atoms with E-state index in [1.54, 1.807) is 23.5 Å². The Morgan fingerprint density at radius 1 is 1.15 bits per heavy atom. The van der Waals surface area contributed by atoms with E-state index >= 15 is 0 Å². The van der Waals surface area contributed by atoms with Gasteiger partial charge in [0.05, 0.1) is 6.54 Å². The van der Waals surface area contributed by atoms with Crippen LogP contribution in [-0.2, 0) is 13.0 Å². The number of nitrogens with zero attached hydrogens (tertiary/aromatic N) is 1. The van der Waals surface area contributed by atoms with Crippen molar-refractivity contribution < 1.29 is 17.9 Å². The fourth-order valence-corrected chi connectivity index (χ4v) is 2.84. The third kappa shape index (κ3) is 9.85. The van der Waals surface area contributed by atoms with Gasteiger partial charge in [0.2, 0.25) is 0 Å². The molecule has 0 aliphatic heterocycles. The number of aliphatic imine (C=N–C) groups is 1. The summed E-state index contributed by atoms with van der Waals surface area (Å²) in [5, 5.41) is 8.50. The van der Waals surface area contributed by atoms with Crippen LogP contribution in [0.25, 0.3) is 0 Å². The number of hydrogen-bond donors (Lipinski definition) is 2. The first-order valence-corrected chi connectivity index (χ1v) is 9.17. The maximum Gasteiger partial charge on any atom is 0.422 e. The lowest BCUT2D eigenvalue weighted by atomic mass is 10.2. The Balaban J connectivity index is 0.00000364. The number of thiophene rings is 1. The quantitative estimate of drug-likeness (QED) is 0.308. The molecular weight excluding hydrogens is 490 g/mol. The van der Waals surface area contributed by atoms with Crippen molar-refractivity contribution in [2.75, 3.05) is 19.7 Å². The highest BCUT2D eigenvalue weighted by molar-refractivity contribution is 14.0. The van der Waals surface area contributed by atoms with Gasteiger partial charge in [0.15, 0.2) is 12.6 Å². The Labute approximate surface area is 178 Å². The Bertz CT molecular complexity index is 676. The molecule has 0 saturated heterocycles. The average molecular weight is 513 g/mol. The van der Waals surface area contributed by atoms with Crippen LogP contribution in [0.2, 0.25) is 0 Å². The fourth-order valence-electron chi connectivity index (χ4n) is 2.13. The van der Waals surface area contributed by atoms with Crippen LogP contribution in [0.1, 0.15) is 17.4 Å². The minimum atomic E-state index is -4.33. The van der Waals surface area contributed by atoms with Crippen molar-refractivity contribution in [2.24, 2.45) is 4.99 Å². The Kier molecular flexibility index (Phi) is 10.5. The first kappa shape index (κ1) is 23.5. The maximum absolute atomic E-state index is 12.1. The molecule has 0 aliphatic rings. The first-order chi connectivity index (χ1) is 12.5. The topological polar surface area (TPSA) is 45.7 Å². The number of ether oxygens (including phenoxy) is 1. The van der Waals surface area contributed by atoms with E-state index in [4.69, 9.17) is 4.74 Å². The van der Waals surface area contributed by atoms with Gasteiger partial charge in [0.25, 0.3) is 0 Å². The standard InChI is InChI=1S/C18H22F3N3OS.HI/c1-2-22-17(23-10-9-16-4-3-11-26-16)24-12-14-5-7-15(8-6-14)25-13-18(19,20)21;/h3-8,11H,2,9-10,12-13H2,1H3,(H2,22,23,24);1H. The van der Waals surface area contributed by atoms with Crippen LogP contribution < -0.4 is 15.4 Å². The minimum absolute atomic E-state index is 0. The van der Waals surface area contributed by atoms with Crippen LogP contribution in [0, 0.1) is 0 Å². The predicted molar refractivity (Wildman–Crippen MR) is 114 cm³/mol. The van der Waals surface area contributed by atoms with E-state index in [0.717, 1.165) is 25.1 Å². The molecule has 0 atom stereocenters. The van der Waals surface area contributed by atoms with E-state index in [2.05, 4.69) is 27.1 Å². The molecule has 1 aromatic heterocycles. The summed E-state index contributed by atoms with van der Waals surface area (Å²) >= 11 is 1.72.